The molecule has 140 valence electrons. The molecule has 27 heavy (non-hydrogen) atoms. The number of fused-ring (bicyclic) bond motifs is 1. The standard InChI is InChI=1S/C20H20ClN3O3/c1-13-4-9-17-22-16(10-18(25)24(17)11-13)12-27-20(26)19(23(2)3)14-5-7-15(21)8-6-14/h4-11,19H,12H2,1-3H3. The zero-order chi connectivity index (χ0) is 19.6. The fourth-order valence-electron chi connectivity index (χ4n) is 2.85. The summed E-state index contributed by atoms with van der Waals surface area (Å²) >= 11 is 5.92. The second-order valence-electron chi connectivity index (χ2n) is 6.55. The monoisotopic (exact) mass is 385 g/mol. The summed E-state index contributed by atoms with van der Waals surface area (Å²) in [6.07, 6.45) is 1.73. The van der Waals surface area contributed by atoms with Gasteiger partial charge in [0.15, 0.2) is 0 Å². The molecule has 0 amide bonds. The van der Waals surface area contributed by atoms with Crippen LogP contribution in [0.5, 0.6) is 0 Å². The van der Waals surface area contributed by atoms with E-state index in [9.17, 15) is 9.59 Å². The summed E-state index contributed by atoms with van der Waals surface area (Å²) in [6, 6.07) is 11.5. The number of rotatable bonds is 5. The Labute approximate surface area is 162 Å². The molecular formula is C20H20ClN3O3. The molecule has 2 aromatic heterocycles. The molecule has 1 aromatic carbocycles. The number of hydrogen-bond donors (Lipinski definition) is 0. The van der Waals surface area contributed by atoms with E-state index in [1.54, 1.807) is 55.5 Å². The van der Waals surface area contributed by atoms with Gasteiger partial charge in [0.05, 0.1) is 5.69 Å². The molecule has 0 saturated carbocycles. The fourth-order valence-corrected chi connectivity index (χ4v) is 2.97. The van der Waals surface area contributed by atoms with E-state index in [1.165, 1.54) is 10.5 Å². The molecule has 0 aliphatic heterocycles. The van der Waals surface area contributed by atoms with Crippen molar-refractivity contribution < 1.29 is 9.53 Å². The molecule has 0 bridgehead atoms. The van der Waals surface area contributed by atoms with Crippen LogP contribution in [0.3, 0.4) is 0 Å². The topological polar surface area (TPSA) is 63.9 Å². The predicted octanol–water partition coefficient (Wildman–Crippen LogP) is 3.00. The summed E-state index contributed by atoms with van der Waals surface area (Å²) in [7, 11) is 3.59. The minimum Gasteiger partial charge on any atom is -0.458 e. The third kappa shape index (κ3) is 4.35. The summed E-state index contributed by atoms with van der Waals surface area (Å²) in [5.41, 5.74) is 2.45. The van der Waals surface area contributed by atoms with Crippen molar-refractivity contribution >= 4 is 23.2 Å². The number of likely N-dealkylation sites (N-methyl/N-ethyl adjacent to an activating group) is 1. The van der Waals surface area contributed by atoms with Crippen LogP contribution in [0.2, 0.25) is 5.02 Å². The molecule has 0 aliphatic rings. The number of carbonyl (C=O) groups is 1. The van der Waals surface area contributed by atoms with E-state index in [0.29, 0.717) is 16.4 Å². The van der Waals surface area contributed by atoms with Gasteiger partial charge >= 0.3 is 5.97 Å². The van der Waals surface area contributed by atoms with E-state index in [2.05, 4.69) is 4.98 Å². The molecular weight excluding hydrogens is 366 g/mol. The van der Waals surface area contributed by atoms with Gasteiger partial charge in [-0.25, -0.2) is 9.78 Å². The Morgan fingerprint density at radius 2 is 1.93 bits per heavy atom. The van der Waals surface area contributed by atoms with Gasteiger partial charge in [0.1, 0.15) is 18.3 Å². The Hall–Kier alpha value is -2.70. The Bertz CT molecular complexity index is 1030. The van der Waals surface area contributed by atoms with Crippen molar-refractivity contribution in [2.75, 3.05) is 14.1 Å². The van der Waals surface area contributed by atoms with Crippen LogP contribution in [-0.4, -0.2) is 34.3 Å². The van der Waals surface area contributed by atoms with E-state index in [0.717, 1.165) is 11.1 Å². The first kappa shape index (κ1) is 19.1. The van der Waals surface area contributed by atoms with Gasteiger partial charge in [0, 0.05) is 17.3 Å². The summed E-state index contributed by atoms with van der Waals surface area (Å²) in [5.74, 6) is -0.423. The van der Waals surface area contributed by atoms with Crippen LogP contribution in [0.1, 0.15) is 22.9 Å². The number of esters is 1. The van der Waals surface area contributed by atoms with Crippen LogP contribution in [0, 0.1) is 6.92 Å². The average molecular weight is 386 g/mol. The van der Waals surface area contributed by atoms with Crippen molar-refractivity contribution in [3.63, 3.8) is 0 Å². The number of halogens is 1. The average Bonchev–Trinajstić information content (AvgIpc) is 2.62. The first-order valence-electron chi connectivity index (χ1n) is 8.42. The van der Waals surface area contributed by atoms with E-state index < -0.39 is 12.0 Å². The van der Waals surface area contributed by atoms with Crippen LogP contribution in [0.4, 0.5) is 0 Å². The smallest absolute Gasteiger partial charge is 0.328 e. The molecule has 6 nitrogen and oxygen atoms in total. The Morgan fingerprint density at radius 3 is 2.59 bits per heavy atom. The number of hydrogen-bond acceptors (Lipinski definition) is 5. The van der Waals surface area contributed by atoms with Crippen molar-refractivity contribution in [1.29, 1.82) is 0 Å². The molecule has 7 heteroatoms. The largest absolute Gasteiger partial charge is 0.458 e. The highest BCUT2D eigenvalue weighted by molar-refractivity contribution is 6.30. The number of ether oxygens (including phenoxy) is 1. The molecule has 0 aliphatic carbocycles. The van der Waals surface area contributed by atoms with Crippen LogP contribution < -0.4 is 5.56 Å². The molecule has 0 radical (unpaired) electrons. The lowest BCUT2D eigenvalue weighted by Gasteiger charge is -2.23. The number of benzene rings is 1. The quantitative estimate of drug-likeness (QED) is 0.632. The van der Waals surface area contributed by atoms with E-state index in [4.69, 9.17) is 16.3 Å². The van der Waals surface area contributed by atoms with Crippen molar-refractivity contribution in [3.8, 4) is 0 Å². The number of carbonyl (C=O) groups excluding carboxylic acids is 1. The number of aromatic nitrogens is 2. The second kappa shape index (κ2) is 7.90. The summed E-state index contributed by atoms with van der Waals surface area (Å²) in [5, 5.41) is 0.598. The summed E-state index contributed by atoms with van der Waals surface area (Å²) in [6.45, 7) is 1.83. The molecule has 0 N–H and O–H groups in total. The van der Waals surface area contributed by atoms with Gasteiger partial charge in [-0.05, 0) is 50.3 Å². The molecule has 1 unspecified atom stereocenters. The first-order chi connectivity index (χ1) is 12.8. The molecule has 1 atom stereocenters. The molecule has 0 fully saturated rings. The van der Waals surface area contributed by atoms with E-state index in [1.807, 2.05) is 13.0 Å². The SMILES string of the molecule is Cc1ccc2nc(COC(=O)C(c3ccc(Cl)cc3)N(C)C)cc(=O)n2c1. The number of nitrogens with zero attached hydrogens (tertiary/aromatic N) is 3. The maximum absolute atomic E-state index is 12.6. The van der Waals surface area contributed by atoms with Gasteiger partial charge in [0.2, 0.25) is 0 Å². The van der Waals surface area contributed by atoms with Crippen molar-refractivity contribution in [2.45, 2.75) is 19.6 Å². The highest BCUT2D eigenvalue weighted by Crippen LogP contribution is 2.22. The molecule has 0 saturated heterocycles. The maximum atomic E-state index is 12.6. The maximum Gasteiger partial charge on any atom is 0.328 e. The highest BCUT2D eigenvalue weighted by atomic mass is 35.5. The van der Waals surface area contributed by atoms with Crippen LogP contribution in [0.15, 0.2) is 53.5 Å². The minimum absolute atomic E-state index is 0.0730. The van der Waals surface area contributed by atoms with Gasteiger partial charge in [-0.3, -0.25) is 14.1 Å². The molecule has 2 heterocycles. The van der Waals surface area contributed by atoms with Crippen molar-refractivity contribution in [1.82, 2.24) is 14.3 Å². The summed E-state index contributed by atoms with van der Waals surface area (Å²) < 4.78 is 6.91. The molecule has 0 spiro atoms. The van der Waals surface area contributed by atoms with Crippen LogP contribution in [0.25, 0.3) is 5.65 Å². The zero-order valence-corrected chi connectivity index (χ0v) is 16.1. The van der Waals surface area contributed by atoms with Crippen molar-refractivity contribution in [3.05, 3.63) is 80.9 Å². The van der Waals surface area contributed by atoms with E-state index >= 15 is 0 Å². The zero-order valence-electron chi connectivity index (χ0n) is 15.3. The highest BCUT2D eigenvalue weighted by Gasteiger charge is 2.24. The summed E-state index contributed by atoms with van der Waals surface area (Å²) in [4.78, 5) is 31.0. The number of aryl methyl sites for hydroxylation is 1. The molecule has 3 aromatic rings. The normalized spacial score (nSPS) is 12.3. The lowest BCUT2D eigenvalue weighted by atomic mass is 10.1. The Kier molecular flexibility index (Phi) is 5.58. The second-order valence-corrected chi connectivity index (χ2v) is 6.98. The predicted molar refractivity (Wildman–Crippen MR) is 104 cm³/mol. The van der Waals surface area contributed by atoms with Gasteiger partial charge in [0.25, 0.3) is 5.56 Å². The fraction of sp³-hybridized carbons (Fsp3) is 0.250. The lowest BCUT2D eigenvalue weighted by molar-refractivity contribution is -0.150. The van der Waals surface area contributed by atoms with Gasteiger partial charge < -0.3 is 4.74 Å². The van der Waals surface area contributed by atoms with E-state index in [-0.39, 0.29) is 12.2 Å². The third-order valence-electron chi connectivity index (χ3n) is 4.15. The lowest BCUT2D eigenvalue weighted by Crippen LogP contribution is -2.29. The Balaban J connectivity index is 1.79. The van der Waals surface area contributed by atoms with Crippen molar-refractivity contribution in [2.24, 2.45) is 0 Å². The van der Waals surface area contributed by atoms with Gasteiger partial charge in [-0.15, -0.1) is 0 Å². The minimum atomic E-state index is -0.577. The number of pyridine rings is 1. The van der Waals surface area contributed by atoms with Gasteiger partial charge in [-0.1, -0.05) is 29.8 Å². The Morgan fingerprint density at radius 1 is 1.22 bits per heavy atom. The third-order valence-corrected chi connectivity index (χ3v) is 4.40. The van der Waals surface area contributed by atoms with Gasteiger partial charge in [-0.2, -0.15) is 0 Å². The van der Waals surface area contributed by atoms with Crippen LogP contribution in [-0.2, 0) is 16.1 Å². The molecule has 3 rings (SSSR count). The van der Waals surface area contributed by atoms with Crippen LogP contribution >= 0.6 is 11.6 Å². The first-order valence-corrected chi connectivity index (χ1v) is 8.80.